The van der Waals surface area contributed by atoms with Crippen molar-refractivity contribution in [1.82, 2.24) is 4.90 Å². The number of carbonyl (C=O) groups excluding carboxylic acids is 1. The summed E-state index contributed by atoms with van der Waals surface area (Å²) in [6.07, 6.45) is 5.06. The third-order valence-corrected chi connectivity index (χ3v) is 3.44. The van der Waals surface area contributed by atoms with Crippen molar-refractivity contribution >= 4 is 5.91 Å². The first-order valence-corrected chi connectivity index (χ1v) is 5.60. The fourth-order valence-corrected chi connectivity index (χ4v) is 2.32. The molecule has 0 aromatic rings. The molecule has 1 amide bonds. The highest BCUT2D eigenvalue weighted by atomic mass is 16.3. The highest BCUT2D eigenvalue weighted by molar-refractivity contribution is 5.79. The van der Waals surface area contributed by atoms with Crippen molar-refractivity contribution < 1.29 is 9.90 Å². The molecule has 1 saturated carbocycles. The van der Waals surface area contributed by atoms with Crippen molar-refractivity contribution in [2.45, 2.75) is 44.6 Å². The molecule has 14 heavy (non-hydrogen) atoms. The molecule has 1 saturated heterocycles. The number of carbonyl (C=O) groups is 1. The Hall–Kier alpha value is -0.570. The zero-order valence-corrected chi connectivity index (χ0v) is 8.83. The first-order valence-electron chi connectivity index (χ1n) is 5.60. The standard InChI is InChI=1S/C11H19NO2/c1-11(14)6-3-7-12(8-11)10(13)9-4-2-5-9/h9,14H,2-8H2,1H3. The second-order valence-corrected chi connectivity index (χ2v) is 4.99. The maximum Gasteiger partial charge on any atom is 0.225 e. The average molecular weight is 197 g/mol. The van der Waals surface area contributed by atoms with Crippen LogP contribution >= 0.6 is 0 Å². The number of likely N-dealkylation sites (tertiary alicyclic amines) is 1. The minimum absolute atomic E-state index is 0.267. The molecular formula is C11H19NO2. The maximum absolute atomic E-state index is 11.9. The van der Waals surface area contributed by atoms with Crippen molar-refractivity contribution in [3.8, 4) is 0 Å². The average Bonchev–Trinajstić information content (AvgIpc) is 1.99. The topological polar surface area (TPSA) is 40.5 Å². The summed E-state index contributed by atoms with van der Waals surface area (Å²) >= 11 is 0. The van der Waals surface area contributed by atoms with E-state index in [0.717, 1.165) is 32.2 Å². The quantitative estimate of drug-likeness (QED) is 0.685. The summed E-state index contributed by atoms with van der Waals surface area (Å²) in [4.78, 5) is 13.7. The molecule has 3 nitrogen and oxygen atoms in total. The van der Waals surface area contributed by atoms with E-state index in [9.17, 15) is 9.90 Å². The van der Waals surface area contributed by atoms with Gasteiger partial charge in [-0.3, -0.25) is 4.79 Å². The van der Waals surface area contributed by atoms with Gasteiger partial charge in [0.05, 0.1) is 5.60 Å². The highest BCUT2D eigenvalue weighted by Gasteiger charge is 2.35. The molecule has 3 heteroatoms. The van der Waals surface area contributed by atoms with Gasteiger partial charge in [0, 0.05) is 19.0 Å². The van der Waals surface area contributed by atoms with E-state index in [2.05, 4.69) is 0 Å². The van der Waals surface area contributed by atoms with Gasteiger partial charge < -0.3 is 10.0 Å². The number of hydrogen-bond donors (Lipinski definition) is 1. The van der Waals surface area contributed by atoms with Crippen LogP contribution in [0.2, 0.25) is 0 Å². The molecule has 1 atom stereocenters. The van der Waals surface area contributed by atoms with Crippen LogP contribution in [0.4, 0.5) is 0 Å². The molecule has 2 aliphatic rings. The minimum Gasteiger partial charge on any atom is -0.388 e. The van der Waals surface area contributed by atoms with Gasteiger partial charge in [-0.05, 0) is 32.6 Å². The molecule has 0 aromatic carbocycles. The lowest BCUT2D eigenvalue weighted by Gasteiger charge is -2.40. The van der Waals surface area contributed by atoms with Crippen molar-refractivity contribution in [1.29, 1.82) is 0 Å². The van der Waals surface area contributed by atoms with Crippen LogP contribution in [-0.4, -0.2) is 34.6 Å². The lowest BCUT2D eigenvalue weighted by molar-refractivity contribution is -0.144. The summed E-state index contributed by atoms with van der Waals surface area (Å²) in [5.41, 5.74) is -0.655. The zero-order chi connectivity index (χ0) is 10.2. The molecule has 2 fully saturated rings. The van der Waals surface area contributed by atoms with E-state index < -0.39 is 5.60 Å². The van der Waals surface area contributed by atoms with Crippen LogP contribution in [0.1, 0.15) is 39.0 Å². The number of nitrogens with zero attached hydrogens (tertiary/aromatic N) is 1. The van der Waals surface area contributed by atoms with Gasteiger partial charge in [0.2, 0.25) is 5.91 Å². The van der Waals surface area contributed by atoms with Crippen LogP contribution < -0.4 is 0 Å². The number of amides is 1. The molecular weight excluding hydrogens is 178 g/mol. The van der Waals surface area contributed by atoms with E-state index in [1.165, 1.54) is 6.42 Å². The summed E-state index contributed by atoms with van der Waals surface area (Å²) in [7, 11) is 0. The first kappa shape index (κ1) is 9.97. The SMILES string of the molecule is CC1(O)CCCN(C(=O)C2CCC2)C1. The molecule has 1 unspecified atom stereocenters. The Bertz CT molecular complexity index is 233. The molecule has 0 aromatic heterocycles. The fourth-order valence-electron chi connectivity index (χ4n) is 2.32. The van der Waals surface area contributed by atoms with Crippen LogP contribution in [0.15, 0.2) is 0 Å². The monoisotopic (exact) mass is 197 g/mol. The van der Waals surface area contributed by atoms with Crippen molar-refractivity contribution in [3.63, 3.8) is 0 Å². The highest BCUT2D eigenvalue weighted by Crippen LogP contribution is 2.30. The predicted octanol–water partition coefficient (Wildman–Crippen LogP) is 1.16. The van der Waals surface area contributed by atoms with Gasteiger partial charge in [0.25, 0.3) is 0 Å². The summed E-state index contributed by atoms with van der Waals surface area (Å²) in [6, 6.07) is 0. The maximum atomic E-state index is 11.9. The molecule has 80 valence electrons. The van der Waals surface area contributed by atoms with Crippen LogP contribution in [0.3, 0.4) is 0 Å². The lowest BCUT2D eigenvalue weighted by atomic mass is 9.83. The summed E-state index contributed by atoms with van der Waals surface area (Å²) < 4.78 is 0. The second-order valence-electron chi connectivity index (χ2n) is 4.99. The summed E-state index contributed by atoms with van der Waals surface area (Å²) in [5.74, 6) is 0.542. The van der Waals surface area contributed by atoms with E-state index in [-0.39, 0.29) is 11.8 Å². The molecule has 1 N–H and O–H groups in total. The minimum atomic E-state index is -0.655. The van der Waals surface area contributed by atoms with Gasteiger partial charge in [-0.1, -0.05) is 6.42 Å². The van der Waals surface area contributed by atoms with Gasteiger partial charge in [0.1, 0.15) is 0 Å². The zero-order valence-electron chi connectivity index (χ0n) is 8.83. The molecule has 0 spiro atoms. The van der Waals surface area contributed by atoms with Crippen LogP contribution in [0, 0.1) is 5.92 Å². The molecule has 1 heterocycles. The lowest BCUT2D eigenvalue weighted by Crippen LogP contribution is -2.51. The molecule has 1 aliphatic carbocycles. The van der Waals surface area contributed by atoms with E-state index in [1.54, 1.807) is 0 Å². The van der Waals surface area contributed by atoms with Crippen molar-refractivity contribution in [2.24, 2.45) is 5.92 Å². The molecule has 2 rings (SSSR count). The van der Waals surface area contributed by atoms with Gasteiger partial charge in [-0.15, -0.1) is 0 Å². The van der Waals surface area contributed by atoms with E-state index >= 15 is 0 Å². The third kappa shape index (κ3) is 1.92. The Morgan fingerprint density at radius 2 is 2.14 bits per heavy atom. The second kappa shape index (κ2) is 3.54. The van der Waals surface area contributed by atoms with E-state index in [1.807, 2.05) is 11.8 Å². The van der Waals surface area contributed by atoms with Crippen LogP contribution in [0.5, 0.6) is 0 Å². The first-order chi connectivity index (χ1) is 6.58. The van der Waals surface area contributed by atoms with Crippen LogP contribution in [0.25, 0.3) is 0 Å². The Morgan fingerprint density at radius 3 is 2.64 bits per heavy atom. The van der Waals surface area contributed by atoms with Gasteiger partial charge in [-0.2, -0.15) is 0 Å². The normalized spacial score (nSPS) is 34.0. The largest absolute Gasteiger partial charge is 0.388 e. The van der Waals surface area contributed by atoms with Gasteiger partial charge in [-0.25, -0.2) is 0 Å². The molecule has 0 radical (unpaired) electrons. The Kier molecular flexibility index (Phi) is 2.52. The molecule has 1 aliphatic heterocycles. The third-order valence-electron chi connectivity index (χ3n) is 3.44. The van der Waals surface area contributed by atoms with E-state index in [4.69, 9.17) is 0 Å². The van der Waals surface area contributed by atoms with Crippen molar-refractivity contribution in [2.75, 3.05) is 13.1 Å². The fraction of sp³-hybridized carbons (Fsp3) is 0.909. The predicted molar refractivity (Wildman–Crippen MR) is 53.8 cm³/mol. The number of piperidine rings is 1. The number of β-amino-alcohol motifs (C(OH)–C–C–N with tert-alkyl or cyclic N) is 1. The Labute approximate surface area is 85.1 Å². The number of rotatable bonds is 1. The summed E-state index contributed by atoms with van der Waals surface area (Å²) in [6.45, 7) is 3.20. The van der Waals surface area contributed by atoms with Gasteiger partial charge >= 0.3 is 0 Å². The Morgan fingerprint density at radius 1 is 1.43 bits per heavy atom. The Balaban J connectivity index is 1.93. The van der Waals surface area contributed by atoms with Gasteiger partial charge in [0.15, 0.2) is 0 Å². The van der Waals surface area contributed by atoms with E-state index in [0.29, 0.717) is 6.54 Å². The van der Waals surface area contributed by atoms with Crippen LogP contribution in [-0.2, 0) is 4.79 Å². The van der Waals surface area contributed by atoms with Crippen molar-refractivity contribution in [3.05, 3.63) is 0 Å². The number of hydrogen-bond acceptors (Lipinski definition) is 2. The number of aliphatic hydroxyl groups is 1. The smallest absolute Gasteiger partial charge is 0.225 e. The summed E-state index contributed by atoms with van der Waals surface area (Å²) in [5, 5.41) is 9.87. The molecule has 0 bridgehead atoms.